The third-order valence-electron chi connectivity index (χ3n) is 22.0. The Kier molecular flexibility index (Phi) is 14.2. The van der Waals surface area contributed by atoms with E-state index in [-0.39, 0.29) is 0 Å². The number of aromatic nitrogens is 4. The maximum atomic E-state index is 7.42. The fourth-order valence-electron chi connectivity index (χ4n) is 17.5. The van der Waals surface area contributed by atoms with Crippen LogP contribution in [-0.2, 0) is 0 Å². The van der Waals surface area contributed by atoms with Crippen molar-refractivity contribution in [2.75, 3.05) is 5.73 Å². The van der Waals surface area contributed by atoms with Crippen molar-refractivity contribution in [2.24, 2.45) is 0 Å². The standard InChI is InChI=1S/C50H31BrN2.C50H33N3/c2*51-48-38(42-30-44-36-22-11-13-28-46(36)52(32-16-3-1-4-17-32)49(44)40-24-9-7-20-34(40)42)26-15-27-39(48)43-31-45-37-23-12-14-29-47(37)53(33-18-5-2-6-19-33)50(45)41-25-10-8-21-35(41)43/h1-31H;1-31H,51H2. The summed E-state index contributed by atoms with van der Waals surface area (Å²) < 4.78 is 10.8. The Morgan fingerprint density at radius 2 is 0.368 bits per heavy atom. The van der Waals surface area contributed by atoms with Gasteiger partial charge in [0.1, 0.15) is 0 Å². The van der Waals surface area contributed by atoms with Gasteiger partial charge >= 0.3 is 0 Å². The molecular weight excluding hydrogens is 1350 g/mol. The van der Waals surface area contributed by atoms with Crippen LogP contribution >= 0.6 is 15.9 Å². The van der Waals surface area contributed by atoms with Crippen molar-refractivity contribution in [1.82, 2.24) is 18.3 Å². The number of halogens is 1. The van der Waals surface area contributed by atoms with Crippen LogP contribution in [0, 0.1) is 0 Å². The summed E-state index contributed by atoms with van der Waals surface area (Å²) in [6.07, 6.45) is 0. The van der Waals surface area contributed by atoms with Gasteiger partial charge in [-0.1, -0.05) is 279 Å². The van der Waals surface area contributed by atoms with Crippen molar-refractivity contribution in [3.05, 3.63) is 381 Å². The summed E-state index contributed by atoms with van der Waals surface area (Å²) in [7, 11) is 0. The number of hydrogen-bond donors (Lipinski definition) is 1. The Labute approximate surface area is 619 Å². The number of benzene rings is 18. The second kappa shape index (κ2) is 24.6. The van der Waals surface area contributed by atoms with E-state index >= 15 is 0 Å². The van der Waals surface area contributed by atoms with E-state index in [9.17, 15) is 0 Å². The largest absolute Gasteiger partial charge is 0.398 e. The lowest BCUT2D eigenvalue weighted by atomic mass is 9.89. The molecule has 0 bridgehead atoms. The summed E-state index contributed by atoms with van der Waals surface area (Å²) in [4.78, 5) is 0. The van der Waals surface area contributed by atoms with Crippen LogP contribution in [0.3, 0.4) is 0 Å². The summed E-state index contributed by atoms with van der Waals surface area (Å²) in [5.74, 6) is 0. The lowest BCUT2D eigenvalue weighted by Crippen LogP contribution is -1.98. The molecule has 0 saturated carbocycles. The number of nitrogens with two attached hydrogens (primary N) is 1. The lowest BCUT2D eigenvalue weighted by Gasteiger charge is -2.17. The van der Waals surface area contributed by atoms with E-state index in [2.05, 4.69) is 410 Å². The molecule has 4 aromatic heterocycles. The first-order valence-electron chi connectivity index (χ1n) is 36.2. The Morgan fingerprint density at radius 3 is 0.623 bits per heavy atom. The van der Waals surface area contributed by atoms with Gasteiger partial charge in [-0.15, -0.1) is 0 Å². The fraction of sp³-hybridized carbons (Fsp3) is 0. The molecule has 0 fully saturated rings. The topological polar surface area (TPSA) is 45.7 Å². The summed E-state index contributed by atoms with van der Waals surface area (Å²) in [5.41, 5.74) is 31.6. The third kappa shape index (κ3) is 9.34. The molecule has 106 heavy (non-hydrogen) atoms. The zero-order chi connectivity index (χ0) is 70.1. The quantitative estimate of drug-likeness (QED) is 0.151. The first-order valence-corrected chi connectivity index (χ1v) is 37.0. The molecule has 18 aromatic carbocycles. The molecule has 2 N–H and O–H groups in total. The van der Waals surface area contributed by atoms with Gasteiger partial charge in [0.05, 0.1) is 44.1 Å². The van der Waals surface area contributed by atoms with E-state index < -0.39 is 0 Å². The summed E-state index contributed by atoms with van der Waals surface area (Å²) >= 11 is 4.23. The van der Waals surface area contributed by atoms with Crippen molar-refractivity contribution in [3.63, 3.8) is 0 Å². The maximum Gasteiger partial charge on any atom is 0.0619 e. The molecule has 6 heteroatoms. The number of nitrogen functional groups attached to an aromatic ring is 1. The molecule has 0 unspecified atom stereocenters. The normalized spacial score (nSPS) is 11.9. The lowest BCUT2D eigenvalue weighted by molar-refractivity contribution is 1.19. The van der Waals surface area contributed by atoms with Crippen LogP contribution in [0.15, 0.2) is 381 Å². The predicted molar refractivity (Wildman–Crippen MR) is 454 cm³/mol. The first kappa shape index (κ1) is 61.2. The van der Waals surface area contributed by atoms with Crippen molar-refractivity contribution >= 4 is 152 Å². The molecule has 4 heterocycles. The van der Waals surface area contributed by atoms with Crippen LogP contribution in [0.2, 0.25) is 0 Å². The molecule has 22 aromatic rings. The average Bonchev–Trinajstić information content (AvgIpc) is 1.53. The smallest absolute Gasteiger partial charge is 0.0619 e. The summed E-state index contributed by atoms with van der Waals surface area (Å²) in [6, 6.07) is 136. The minimum absolute atomic E-state index is 0.778. The second-order valence-corrected chi connectivity index (χ2v) is 28.4. The zero-order valence-electron chi connectivity index (χ0n) is 57.5. The zero-order valence-corrected chi connectivity index (χ0v) is 59.1. The number of hydrogen-bond acceptors (Lipinski definition) is 1. The molecular formula is C100H64BrN5. The van der Waals surface area contributed by atoms with Gasteiger partial charge in [-0.05, 0) is 168 Å². The van der Waals surface area contributed by atoms with Crippen LogP contribution in [0.4, 0.5) is 5.69 Å². The molecule has 0 spiro atoms. The van der Waals surface area contributed by atoms with Gasteiger partial charge < -0.3 is 24.0 Å². The molecule has 22 rings (SSSR count). The van der Waals surface area contributed by atoms with Gasteiger partial charge in [0.15, 0.2) is 0 Å². The highest BCUT2D eigenvalue weighted by Crippen LogP contribution is 2.51. The van der Waals surface area contributed by atoms with Gasteiger partial charge in [0.2, 0.25) is 0 Å². The molecule has 0 saturated heterocycles. The van der Waals surface area contributed by atoms with Crippen molar-refractivity contribution in [1.29, 1.82) is 0 Å². The number of rotatable bonds is 8. The number of fused-ring (bicyclic) bond motifs is 20. The number of anilines is 1. The number of para-hydroxylation sites is 9. The van der Waals surface area contributed by atoms with Crippen LogP contribution < -0.4 is 5.73 Å². The van der Waals surface area contributed by atoms with Gasteiger partial charge in [-0.2, -0.15) is 0 Å². The Bertz CT molecular complexity index is 6460. The van der Waals surface area contributed by atoms with Gasteiger partial charge in [0, 0.05) is 109 Å². The van der Waals surface area contributed by atoms with Crippen molar-refractivity contribution in [2.45, 2.75) is 0 Å². The molecule has 0 amide bonds. The van der Waals surface area contributed by atoms with E-state index in [1.165, 1.54) is 153 Å². The average molecular weight is 1420 g/mol. The Balaban J connectivity index is 0.000000136. The third-order valence-corrected chi connectivity index (χ3v) is 22.9. The van der Waals surface area contributed by atoms with Crippen molar-refractivity contribution in [3.8, 4) is 67.3 Å². The maximum absolute atomic E-state index is 7.42. The highest BCUT2D eigenvalue weighted by atomic mass is 79.9. The minimum Gasteiger partial charge on any atom is -0.398 e. The molecule has 0 atom stereocenters. The molecule has 0 aliphatic rings. The van der Waals surface area contributed by atoms with Crippen LogP contribution in [0.5, 0.6) is 0 Å². The fourth-order valence-corrected chi connectivity index (χ4v) is 18.2. The molecule has 0 aliphatic heterocycles. The SMILES string of the molecule is Brc1c(-c2cc3c4ccccc4n(-c4ccccc4)c3c3ccccc23)cccc1-c1cc2c3ccccc3n(-c3ccccc3)c2c2ccccc12.Nc1c(-c2cc3c4ccccc4n(-c4ccccc4)c3c3ccccc23)cccc1-c1cc2c3ccccc3n(-c3ccccc3)c2c2ccccc12. The number of nitrogens with zero attached hydrogens (tertiary/aromatic N) is 4. The molecule has 0 radical (unpaired) electrons. The van der Waals surface area contributed by atoms with E-state index in [1.54, 1.807) is 0 Å². The molecule has 0 aliphatic carbocycles. The monoisotopic (exact) mass is 1410 g/mol. The predicted octanol–water partition coefficient (Wildman–Crippen LogP) is 27.4. The van der Waals surface area contributed by atoms with E-state index in [4.69, 9.17) is 5.73 Å². The molecule has 5 nitrogen and oxygen atoms in total. The highest BCUT2D eigenvalue weighted by Gasteiger charge is 2.26. The van der Waals surface area contributed by atoms with Gasteiger partial charge in [0.25, 0.3) is 0 Å². The van der Waals surface area contributed by atoms with E-state index in [0.29, 0.717) is 0 Å². The highest BCUT2D eigenvalue weighted by molar-refractivity contribution is 9.10. The van der Waals surface area contributed by atoms with E-state index in [0.717, 1.165) is 55.2 Å². The minimum atomic E-state index is 0.778. The summed E-state index contributed by atoms with van der Waals surface area (Å²) in [6.45, 7) is 0. The van der Waals surface area contributed by atoms with E-state index in [1.807, 2.05) is 0 Å². The van der Waals surface area contributed by atoms with Gasteiger partial charge in [-0.25, -0.2) is 0 Å². The van der Waals surface area contributed by atoms with Crippen LogP contribution in [0.1, 0.15) is 0 Å². The molecule has 496 valence electrons. The second-order valence-electron chi connectivity index (χ2n) is 27.6. The first-order chi connectivity index (χ1) is 52.5. The van der Waals surface area contributed by atoms with Crippen molar-refractivity contribution < 1.29 is 0 Å². The Hall–Kier alpha value is -13.5. The Morgan fingerprint density at radius 1 is 0.170 bits per heavy atom. The van der Waals surface area contributed by atoms with Crippen LogP contribution in [0.25, 0.3) is 198 Å². The van der Waals surface area contributed by atoms with Gasteiger partial charge in [-0.3, -0.25) is 0 Å². The van der Waals surface area contributed by atoms with Crippen LogP contribution in [-0.4, -0.2) is 18.3 Å². The summed E-state index contributed by atoms with van der Waals surface area (Å²) in [5, 5.41) is 19.5.